The van der Waals surface area contributed by atoms with Gasteiger partial charge >= 0.3 is 0 Å². The van der Waals surface area contributed by atoms with Gasteiger partial charge in [-0.3, -0.25) is 0 Å². The van der Waals surface area contributed by atoms with E-state index in [2.05, 4.69) is 47.8 Å². The molecule has 3 nitrogen and oxygen atoms in total. The van der Waals surface area contributed by atoms with Crippen molar-refractivity contribution in [3.8, 4) is 0 Å². The molecule has 0 aromatic carbocycles. The van der Waals surface area contributed by atoms with Crippen LogP contribution >= 0.6 is 23.5 Å². The third-order valence-electron chi connectivity index (χ3n) is 5.63. The van der Waals surface area contributed by atoms with E-state index in [-0.39, 0.29) is 5.60 Å². The summed E-state index contributed by atoms with van der Waals surface area (Å²) in [5, 5.41) is 3.68. The zero-order valence-corrected chi connectivity index (χ0v) is 15.1. The molecule has 3 fully saturated rings. The van der Waals surface area contributed by atoms with Crippen LogP contribution in [0.5, 0.6) is 0 Å². The summed E-state index contributed by atoms with van der Waals surface area (Å²) in [6.07, 6.45) is 5.03. The Kier molecular flexibility index (Phi) is 5.82. The summed E-state index contributed by atoms with van der Waals surface area (Å²) >= 11 is 4.22. The molecule has 5 heteroatoms. The predicted molar refractivity (Wildman–Crippen MR) is 94.6 cm³/mol. The second-order valence-corrected chi connectivity index (χ2v) is 9.21. The van der Waals surface area contributed by atoms with Gasteiger partial charge in [-0.1, -0.05) is 0 Å². The average molecular weight is 331 g/mol. The van der Waals surface area contributed by atoms with E-state index >= 15 is 0 Å². The van der Waals surface area contributed by atoms with Crippen LogP contribution in [-0.2, 0) is 4.74 Å². The van der Waals surface area contributed by atoms with E-state index in [4.69, 9.17) is 4.74 Å². The third-order valence-corrected chi connectivity index (χ3v) is 7.67. The molecule has 0 aromatic heterocycles. The minimum Gasteiger partial charge on any atom is -0.375 e. The van der Waals surface area contributed by atoms with Crippen molar-refractivity contribution in [2.45, 2.75) is 43.4 Å². The normalized spacial score (nSPS) is 35.7. The van der Waals surface area contributed by atoms with Gasteiger partial charge in [-0.2, -0.15) is 23.5 Å². The number of hydrogen-bond donors (Lipinski definition) is 1. The Morgan fingerprint density at radius 3 is 2.76 bits per heavy atom. The molecule has 0 aromatic rings. The molecule has 1 spiro atoms. The summed E-state index contributed by atoms with van der Waals surface area (Å²) in [6.45, 7) is 2.20. The van der Waals surface area contributed by atoms with Gasteiger partial charge in [-0.25, -0.2) is 0 Å². The van der Waals surface area contributed by atoms with Gasteiger partial charge in [0.05, 0.1) is 5.60 Å². The molecule has 0 radical (unpaired) electrons. The first-order valence-corrected chi connectivity index (χ1v) is 10.7. The molecule has 1 N–H and O–H groups in total. The van der Waals surface area contributed by atoms with Crippen molar-refractivity contribution < 1.29 is 4.74 Å². The van der Waals surface area contributed by atoms with Crippen LogP contribution in [0.2, 0.25) is 0 Å². The molecule has 3 atom stereocenters. The lowest BCUT2D eigenvalue weighted by Gasteiger charge is -2.48. The fourth-order valence-electron chi connectivity index (χ4n) is 4.29. The van der Waals surface area contributed by atoms with Gasteiger partial charge in [-0.15, -0.1) is 0 Å². The predicted octanol–water partition coefficient (Wildman–Crippen LogP) is 2.31. The van der Waals surface area contributed by atoms with Crippen molar-refractivity contribution in [2.24, 2.45) is 5.92 Å². The Morgan fingerprint density at radius 2 is 2.05 bits per heavy atom. The molecule has 3 heterocycles. The molecule has 0 amide bonds. The van der Waals surface area contributed by atoms with E-state index in [1.165, 1.54) is 55.2 Å². The molecular formula is C16H30N2OS2. The van der Waals surface area contributed by atoms with Crippen LogP contribution in [-0.4, -0.2) is 72.8 Å². The first-order chi connectivity index (χ1) is 10.2. The summed E-state index contributed by atoms with van der Waals surface area (Å²) in [4.78, 5) is 2.58. The van der Waals surface area contributed by atoms with E-state index in [0.717, 1.165) is 12.5 Å². The largest absolute Gasteiger partial charge is 0.375 e. The summed E-state index contributed by atoms with van der Waals surface area (Å²) < 4.78 is 6.29. The monoisotopic (exact) mass is 330 g/mol. The maximum atomic E-state index is 6.29. The Labute approximate surface area is 138 Å². The van der Waals surface area contributed by atoms with Crippen molar-refractivity contribution in [1.82, 2.24) is 10.2 Å². The van der Waals surface area contributed by atoms with E-state index in [1.54, 1.807) is 0 Å². The lowest BCUT2D eigenvalue weighted by molar-refractivity contribution is -0.110. The standard InChI is InChI=1S/C16H30N2OS2/c1-17-15(14-12-21-10-6-18(14)2)13-3-7-19-16(11-13)4-8-20-9-5-16/h13-15,17H,3-12H2,1-2H3. The SMILES string of the molecule is CNC(C1CCOC2(CCSCC2)C1)C1CSCCN1C. The Bertz CT molecular complexity index is 331. The molecule has 3 unspecified atom stereocenters. The van der Waals surface area contributed by atoms with Gasteiger partial charge in [0.25, 0.3) is 0 Å². The van der Waals surface area contributed by atoms with E-state index in [0.29, 0.717) is 12.1 Å². The summed E-state index contributed by atoms with van der Waals surface area (Å²) in [5.41, 5.74) is 0.212. The first kappa shape index (κ1) is 16.4. The van der Waals surface area contributed by atoms with E-state index < -0.39 is 0 Å². The fourth-order valence-corrected chi connectivity index (χ4v) is 6.81. The van der Waals surface area contributed by atoms with Gasteiger partial charge in [0.15, 0.2) is 0 Å². The Hall–Kier alpha value is 0.580. The molecule has 3 saturated heterocycles. The van der Waals surface area contributed by atoms with Crippen LogP contribution < -0.4 is 5.32 Å². The quantitative estimate of drug-likeness (QED) is 0.856. The maximum absolute atomic E-state index is 6.29. The lowest BCUT2D eigenvalue weighted by atomic mass is 9.77. The molecule has 3 aliphatic rings. The lowest BCUT2D eigenvalue weighted by Crippen LogP contribution is -2.57. The highest BCUT2D eigenvalue weighted by molar-refractivity contribution is 7.99. The van der Waals surface area contributed by atoms with Gasteiger partial charge in [0.2, 0.25) is 0 Å². The molecule has 0 aliphatic carbocycles. The molecular weight excluding hydrogens is 300 g/mol. The Balaban J connectivity index is 1.68. The summed E-state index contributed by atoms with van der Waals surface area (Å²) in [5.74, 6) is 5.92. The molecule has 0 saturated carbocycles. The van der Waals surface area contributed by atoms with Crippen LogP contribution in [0.15, 0.2) is 0 Å². The van der Waals surface area contributed by atoms with E-state index in [9.17, 15) is 0 Å². The molecule has 0 bridgehead atoms. The molecule has 3 rings (SSSR count). The van der Waals surface area contributed by atoms with Crippen molar-refractivity contribution >= 4 is 23.5 Å². The minimum absolute atomic E-state index is 0.212. The molecule has 21 heavy (non-hydrogen) atoms. The van der Waals surface area contributed by atoms with Gasteiger partial charge in [0, 0.05) is 36.7 Å². The smallest absolute Gasteiger partial charge is 0.0701 e. The summed E-state index contributed by atoms with van der Waals surface area (Å²) in [7, 11) is 4.47. The number of thioether (sulfide) groups is 2. The number of nitrogens with zero attached hydrogens (tertiary/aromatic N) is 1. The van der Waals surface area contributed by atoms with Crippen LogP contribution in [0.4, 0.5) is 0 Å². The van der Waals surface area contributed by atoms with Crippen LogP contribution in [0.25, 0.3) is 0 Å². The molecule has 122 valence electrons. The van der Waals surface area contributed by atoms with Crippen LogP contribution in [0, 0.1) is 5.92 Å². The zero-order valence-electron chi connectivity index (χ0n) is 13.5. The average Bonchev–Trinajstić information content (AvgIpc) is 2.51. The van der Waals surface area contributed by atoms with Crippen LogP contribution in [0.3, 0.4) is 0 Å². The summed E-state index contributed by atoms with van der Waals surface area (Å²) in [6, 6.07) is 1.31. The van der Waals surface area contributed by atoms with Crippen LogP contribution in [0.1, 0.15) is 25.7 Å². The second-order valence-electron chi connectivity index (χ2n) is 6.83. The third kappa shape index (κ3) is 3.74. The first-order valence-electron chi connectivity index (χ1n) is 8.41. The van der Waals surface area contributed by atoms with Crippen molar-refractivity contribution in [3.63, 3.8) is 0 Å². The topological polar surface area (TPSA) is 24.5 Å². The zero-order chi connectivity index (χ0) is 14.7. The number of rotatable bonds is 3. The van der Waals surface area contributed by atoms with Crippen molar-refractivity contribution in [2.75, 3.05) is 50.3 Å². The highest BCUT2D eigenvalue weighted by Crippen LogP contribution is 2.41. The maximum Gasteiger partial charge on any atom is 0.0701 e. The highest BCUT2D eigenvalue weighted by Gasteiger charge is 2.43. The van der Waals surface area contributed by atoms with Crippen molar-refractivity contribution in [1.29, 1.82) is 0 Å². The number of nitrogens with one attached hydrogen (secondary N) is 1. The fraction of sp³-hybridized carbons (Fsp3) is 1.00. The number of ether oxygens (including phenoxy) is 1. The number of likely N-dealkylation sites (N-methyl/N-ethyl adjacent to an activating group) is 2. The van der Waals surface area contributed by atoms with Gasteiger partial charge in [-0.05, 0) is 57.2 Å². The van der Waals surface area contributed by atoms with Gasteiger partial charge < -0.3 is 15.0 Å². The second kappa shape index (κ2) is 7.43. The number of hydrogen-bond acceptors (Lipinski definition) is 5. The Morgan fingerprint density at radius 1 is 1.24 bits per heavy atom. The highest BCUT2D eigenvalue weighted by atomic mass is 32.2. The van der Waals surface area contributed by atoms with E-state index in [1.807, 2.05) is 0 Å². The van der Waals surface area contributed by atoms with Crippen molar-refractivity contribution in [3.05, 3.63) is 0 Å². The minimum atomic E-state index is 0.212. The molecule has 3 aliphatic heterocycles. The van der Waals surface area contributed by atoms with Gasteiger partial charge in [0.1, 0.15) is 0 Å².